The quantitative estimate of drug-likeness (QED) is 0.401. The maximum Gasteiger partial charge on any atom is 0.410 e. The summed E-state index contributed by atoms with van der Waals surface area (Å²) in [7, 11) is 0. The van der Waals surface area contributed by atoms with Crippen molar-refractivity contribution in [2.24, 2.45) is 11.8 Å². The van der Waals surface area contributed by atoms with Gasteiger partial charge in [0.1, 0.15) is 28.6 Å². The van der Waals surface area contributed by atoms with Crippen LogP contribution in [0.15, 0.2) is 24.5 Å². The number of fused-ring (bicyclic) bond motifs is 1. The highest BCUT2D eigenvalue weighted by Crippen LogP contribution is 2.31. The summed E-state index contributed by atoms with van der Waals surface area (Å²) in [5.74, 6) is 1.88. The number of ether oxygens (including phenoxy) is 3. The minimum atomic E-state index is -0.473. The molecule has 1 amide bonds. The zero-order chi connectivity index (χ0) is 28.3. The molecule has 0 saturated carbocycles. The van der Waals surface area contributed by atoms with E-state index in [2.05, 4.69) is 21.0 Å². The van der Waals surface area contributed by atoms with Crippen molar-refractivity contribution in [3.05, 3.63) is 35.9 Å². The van der Waals surface area contributed by atoms with Crippen LogP contribution in [0.2, 0.25) is 0 Å². The number of imidazole rings is 1. The molecule has 0 spiro atoms. The number of piperidine rings is 1. The van der Waals surface area contributed by atoms with Gasteiger partial charge in [-0.15, -0.1) is 0 Å². The Bertz CT molecular complexity index is 1390. The van der Waals surface area contributed by atoms with E-state index in [0.717, 1.165) is 75.4 Å². The number of benzene rings is 1. The Morgan fingerprint density at radius 2 is 1.98 bits per heavy atom. The Labute approximate surface area is 235 Å². The first-order valence-electron chi connectivity index (χ1n) is 14.1. The van der Waals surface area contributed by atoms with Crippen molar-refractivity contribution < 1.29 is 19.0 Å². The number of amides is 1. The number of nitriles is 1. The minimum Gasteiger partial charge on any atom is -0.493 e. The number of nitrogens with zero attached hydrogens (tertiary/aromatic N) is 6. The first-order valence-corrected chi connectivity index (χ1v) is 14.1. The fourth-order valence-electron chi connectivity index (χ4n) is 5.36. The van der Waals surface area contributed by atoms with Gasteiger partial charge in [0.2, 0.25) is 5.82 Å². The van der Waals surface area contributed by atoms with Gasteiger partial charge < -0.3 is 23.7 Å². The molecule has 2 aliphatic rings. The second kappa shape index (κ2) is 11.8. The highest BCUT2D eigenvalue weighted by Gasteiger charge is 2.27. The predicted octanol–water partition coefficient (Wildman–Crippen LogP) is 5.13. The van der Waals surface area contributed by atoms with E-state index in [1.807, 2.05) is 50.5 Å². The molecule has 10 heteroatoms. The minimum absolute atomic E-state index is 0.127. The van der Waals surface area contributed by atoms with Crippen molar-refractivity contribution in [3.8, 4) is 23.1 Å². The van der Waals surface area contributed by atoms with Crippen LogP contribution in [0.25, 0.3) is 22.4 Å². The van der Waals surface area contributed by atoms with Gasteiger partial charge in [-0.3, -0.25) is 0 Å². The topological polar surface area (TPSA) is 115 Å². The SMILES string of the molecule is Cc1cc(-c2nc(C#N)nc3c2ncn3CC2CCOC2)ccc1OCCC1CCN(C(=O)OC(C)(C)C)CC1. The van der Waals surface area contributed by atoms with E-state index in [1.54, 1.807) is 11.2 Å². The fourth-order valence-corrected chi connectivity index (χ4v) is 5.36. The molecule has 1 unspecified atom stereocenters. The first-order chi connectivity index (χ1) is 19.2. The zero-order valence-corrected chi connectivity index (χ0v) is 23.9. The van der Waals surface area contributed by atoms with Crippen LogP contribution in [0.5, 0.6) is 5.75 Å². The van der Waals surface area contributed by atoms with Crippen molar-refractivity contribution in [2.45, 2.75) is 65.5 Å². The first kappa shape index (κ1) is 27.8. The average molecular weight is 547 g/mol. The molecule has 0 radical (unpaired) electrons. The smallest absolute Gasteiger partial charge is 0.410 e. The van der Waals surface area contributed by atoms with Crippen molar-refractivity contribution in [3.63, 3.8) is 0 Å². The molecule has 0 N–H and O–H groups in total. The van der Waals surface area contributed by atoms with E-state index in [9.17, 15) is 10.1 Å². The number of hydrogen-bond donors (Lipinski definition) is 0. The van der Waals surface area contributed by atoms with Crippen molar-refractivity contribution in [1.29, 1.82) is 5.26 Å². The van der Waals surface area contributed by atoms with E-state index < -0.39 is 5.60 Å². The lowest BCUT2D eigenvalue weighted by Gasteiger charge is -2.33. The summed E-state index contributed by atoms with van der Waals surface area (Å²) in [6.45, 7) is 12.0. The lowest BCUT2D eigenvalue weighted by atomic mass is 9.94. The Hall–Kier alpha value is -3.71. The number of aryl methyl sites for hydroxylation is 1. The van der Waals surface area contributed by atoms with E-state index in [1.165, 1.54) is 0 Å². The molecule has 2 aliphatic heterocycles. The average Bonchev–Trinajstić information content (AvgIpc) is 3.59. The maximum atomic E-state index is 12.3. The van der Waals surface area contributed by atoms with Gasteiger partial charge in [0, 0.05) is 37.7 Å². The molecule has 1 atom stereocenters. The molecule has 2 aromatic heterocycles. The summed E-state index contributed by atoms with van der Waals surface area (Å²) < 4.78 is 19.2. The predicted molar refractivity (Wildman–Crippen MR) is 150 cm³/mol. The molecule has 10 nitrogen and oxygen atoms in total. The third kappa shape index (κ3) is 6.53. The van der Waals surface area contributed by atoms with Gasteiger partial charge >= 0.3 is 6.09 Å². The van der Waals surface area contributed by atoms with Crippen molar-refractivity contribution in [2.75, 3.05) is 32.9 Å². The molecule has 0 bridgehead atoms. The van der Waals surface area contributed by atoms with Gasteiger partial charge in [-0.25, -0.2) is 14.8 Å². The second-order valence-electron chi connectivity index (χ2n) is 11.8. The highest BCUT2D eigenvalue weighted by atomic mass is 16.6. The number of carbonyl (C=O) groups is 1. The van der Waals surface area contributed by atoms with Crippen LogP contribution >= 0.6 is 0 Å². The molecule has 3 aromatic rings. The summed E-state index contributed by atoms with van der Waals surface area (Å²) in [6, 6.07) is 8.06. The van der Waals surface area contributed by atoms with Crippen LogP contribution in [-0.4, -0.2) is 69.0 Å². The van der Waals surface area contributed by atoms with Crippen LogP contribution in [0.1, 0.15) is 57.8 Å². The van der Waals surface area contributed by atoms with E-state index in [-0.39, 0.29) is 11.9 Å². The van der Waals surface area contributed by atoms with Gasteiger partial charge in [-0.05, 0) is 83.1 Å². The van der Waals surface area contributed by atoms with Gasteiger partial charge in [-0.1, -0.05) is 0 Å². The largest absolute Gasteiger partial charge is 0.493 e. The number of likely N-dealkylation sites (tertiary alicyclic amines) is 1. The summed E-state index contributed by atoms with van der Waals surface area (Å²) >= 11 is 0. The maximum absolute atomic E-state index is 12.3. The van der Waals surface area contributed by atoms with Gasteiger partial charge in [0.05, 0.1) is 19.5 Å². The summed E-state index contributed by atoms with van der Waals surface area (Å²) in [6.07, 6.45) is 5.40. The monoisotopic (exact) mass is 546 g/mol. The van der Waals surface area contributed by atoms with Crippen molar-refractivity contribution >= 4 is 17.3 Å². The van der Waals surface area contributed by atoms with E-state index >= 15 is 0 Å². The fraction of sp³-hybridized carbons (Fsp3) is 0.567. The molecule has 212 valence electrons. The van der Waals surface area contributed by atoms with Crippen LogP contribution in [0.3, 0.4) is 0 Å². The van der Waals surface area contributed by atoms with Gasteiger partial charge in [0.25, 0.3) is 0 Å². The summed E-state index contributed by atoms with van der Waals surface area (Å²) in [5, 5.41) is 9.60. The lowest BCUT2D eigenvalue weighted by Crippen LogP contribution is -2.41. The summed E-state index contributed by atoms with van der Waals surface area (Å²) in [4.78, 5) is 27.7. The van der Waals surface area contributed by atoms with Crippen LogP contribution in [0.4, 0.5) is 4.79 Å². The zero-order valence-electron chi connectivity index (χ0n) is 23.9. The van der Waals surface area contributed by atoms with Crippen LogP contribution in [0, 0.1) is 30.1 Å². The molecule has 2 fully saturated rings. The van der Waals surface area contributed by atoms with Gasteiger partial charge in [-0.2, -0.15) is 10.2 Å². The molecule has 4 heterocycles. The van der Waals surface area contributed by atoms with Crippen molar-refractivity contribution in [1.82, 2.24) is 24.4 Å². The Morgan fingerprint density at radius 1 is 1.18 bits per heavy atom. The number of carbonyl (C=O) groups excluding carboxylic acids is 1. The van der Waals surface area contributed by atoms with Crippen LogP contribution in [-0.2, 0) is 16.0 Å². The Balaban J connectivity index is 1.21. The van der Waals surface area contributed by atoms with Crippen LogP contribution < -0.4 is 4.74 Å². The molecular weight excluding hydrogens is 508 g/mol. The highest BCUT2D eigenvalue weighted by molar-refractivity contribution is 5.88. The second-order valence-corrected chi connectivity index (χ2v) is 11.8. The number of aromatic nitrogens is 4. The standard InChI is InChI=1S/C30H38N6O4/c1-20-15-23(26-27-28(34-25(16-31)33-26)36(19-32-27)17-22-9-13-38-18-22)5-6-24(20)39-14-10-21-7-11-35(12-8-21)29(37)40-30(2,3)4/h5-6,15,19,21-22H,7-14,17-18H2,1-4H3. The van der Waals surface area contributed by atoms with Gasteiger partial charge in [0.15, 0.2) is 5.65 Å². The number of rotatable bonds is 7. The molecule has 40 heavy (non-hydrogen) atoms. The third-order valence-corrected chi connectivity index (χ3v) is 7.54. The number of hydrogen-bond acceptors (Lipinski definition) is 8. The molecule has 0 aliphatic carbocycles. The molecule has 5 rings (SSSR count). The molecule has 2 saturated heterocycles. The normalized spacial score (nSPS) is 18.2. The Kier molecular flexibility index (Phi) is 8.22. The molecular formula is C30H38N6O4. The summed E-state index contributed by atoms with van der Waals surface area (Å²) in [5.41, 5.74) is 3.39. The van der Waals surface area contributed by atoms with E-state index in [0.29, 0.717) is 35.3 Å². The molecule has 1 aromatic carbocycles. The third-order valence-electron chi connectivity index (χ3n) is 7.54. The lowest BCUT2D eigenvalue weighted by molar-refractivity contribution is 0.0177. The van der Waals surface area contributed by atoms with E-state index in [4.69, 9.17) is 14.2 Å². The Morgan fingerprint density at radius 3 is 2.65 bits per heavy atom.